The monoisotopic (exact) mass is 651 g/mol. The van der Waals surface area contributed by atoms with E-state index >= 15 is 0 Å². The number of fused-ring (bicyclic) bond motifs is 13. The summed E-state index contributed by atoms with van der Waals surface area (Å²) in [6, 6.07) is 64.9. The summed E-state index contributed by atoms with van der Waals surface area (Å²) in [6.07, 6.45) is 0. The molecule has 0 radical (unpaired) electrons. The van der Waals surface area contributed by atoms with Gasteiger partial charge in [-0.3, -0.25) is 0 Å². The highest BCUT2D eigenvalue weighted by Gasteiger charge is 2.19. The van der Waals surface area contributed by atoms with Gasteiger partial charge in [0.1, 0.15) is 0 Å². The summed E-state index contributed by atoms with van der Waals surface area (Å²) < 4.78 is 5.14. The lowest BCUT2D eigenvalue weighted by Gasteiger charge is -2.15. The number of rotatable bonds is 3. The van der Waals surface area contributed by atoms with Crippen molar-refractivity contribution in [2.45, 2.75) is 0 Å². The van der Waals surface area contributed by atoms with E-state index in [1.54, 1.807) is 0 Å². The van der Waals surface area contributed by atoms with E-state index in [4.69, 9.17) is 0 Å². The fourth-order valence-corrected chi connectivity index (χ4v) is 9.63. The lowest BCUT2D eigenvalue weighted by atomic mass is 9.89. The standard InChI is InChI=1S/C48H29NS/c1-2-12-32(13-3-1)49-44-27-26-41-40-20-10-11-21-46(40)50-48(41)47(44)42-25-23-31(29-45(42)49)34-15-5-4-14-33(34)30-22-24-39-37-18-7-6-16-35(37)36-17-8-9-19-38(36)43(39)28-30/h1-29H. The molecule has 9 aromatic carbocycles. The highest BCUT2D eigenvalue weighted by Crippen LogP contribution is 2.45. The molecule has 2 heteroatoms. The van der Waals surface area contributed by atoms with Gasteiger partial charge < -0.3 is 4.57 Å². The minimum atomic E-state index is 1.17. The molecule has 0 spiro atoms. The van der Waals surface area contributed by atoms with E-state index < -0.39 is 0 Å². The molecular formula is C48H29NS. The van der Waals surface area contributed by atoms with Gasteiger partial charge in [0, 0.05) is 36.6 Å². The second kappa shape index (κ2) is 10.6. The van der Waals surface area contributed by atoms with Crippen LogP contribution in [-0.2, 0) is 0 Å². The molecule has 0 atom stereocenters. The van der Waals surface area contributed by atoms with Crippen molar-refractivity contribution in [3.05, 3.63) is 176 Å². The predicted molar refractivity (Wildman–Crippen MR) is 217 cm³/mol. The Hall–Kier alpha value is -6.22. The zero-order valence-electron chi connectivity index (χ0n) is 27.1. The van der Waals surface area contributed by atoms with E-state index in [1.807, 2.05) is 11.3 Å². The van der Waals surface area contributed by atoms with Crippen LogP contribution in [0.4, 0.5) is 0 Å². The van der Waals surface area contributed by atoms with E-state index in [1.165, 1.54) is 102 Å². The Morgan fingerprint density at radius 3 is 1.56 bits per heavy atom. The summed E-state index contributed by atoms with van der Waals surface area (Å²) >= 11 is 1.90. The Labute approximate surface area is 292 Å². The largest absolute Gasteiger partial charge is 0.309 e. The summed E-state index contributed by atoms with van der Waals surface area (Å²) in [4.78, 5) is 0. The molecular weight excluding hydrogens is 623 g/mol. The molecule has 0 N–H and O–H groups in total. The summed E-state index contributed by atoms with van der Waals surface area (Å²) in [5.74, 6) is 0. The van der Waals surface area contributed by atoms with Crippen LogP contribution in [0.3, 0.4) is 0 Å². The van der Waals surface area contributed by atoms with Crippen molar-refractivity contribution >= 4 is 85.6 Å². The number of hydrogen-bond donors (Lipinski definition) is 0. The van der Waals surface area contributed by atoms with Gasteiger partial charge in [0.05, 0.1) is 11.0 Å². The zero-order chi connectivity index (χ0) is 32.8. The summed E-state index contributed by atoms with van der Waals surface area (Å²) in [6.45, 7) is 0. The first-order valence-electron chi connectivity index (χ1n) is 17.2. The van der Waals surface area contributed by atoms with Gasteiger partial charge in [-0.2, -0.15) is 0 Å². The van der Waals surface area contributed by atoms with Gasteiger partial charge in [0.15, 0.2) is 0 Å². The second-order valence-electron chi connectivity index (χ2n) is 13.2. The number of thiophene rings is 1. The Bertz CT molecular complexity index is 3110. The van der Waals surface area contributed by atoms with E-state index in [2.05, 4.69) is 180 Å². The van der Waals surface area contributed by atoms with Crippen LogP contribution < -0.4 is 0 Å². The van der Waals surface area contributed by atoms with Crippen LogP contribution in [0.25, 0.3) is 102 Å². The first-order valence-corrected chi connectivity index (χ1v) is 18.0. The Balaban J connectivity index is 1.17. The fraction of sp³-hybridized carbons (Fsp3) is 0. The molecule has 0 saturated heterocycles. The van der Waals surface area contributed by atoms with Crippen LogP contribution in [0.15, 0.2) is 176 Å². The Kier molecular flexibility index (Phi) is 5.89. The molecule has 2 heterocycles. The maximum atomic E-state index is 2.45. The van der Waals surface area contributed by atoms with E-state index in [-0.39, 0.29) is 0 Å². The molecule has 0 aliphatic carbocycles. The average Bonchev–Trinajstić information content (AvgIpc) is 3.73. The first kappa shape index (κ1) is 27.7. The van der Waals surface area contributed by atoms with Gasteiger partial charge in [-0.05, 0) is 91.0 Å². The van der Waals surface area contributed by atoms with Gasteiger partial charge in [-0.25, -0.2) is 0 Å². The van der Waals surface area contributed by atoms with Crippen LogP contribution >= 0.6 is 11.3 Å². The van der Waals surface area contributed by atoms with Crippen LogP contribution in [0.2, 0.25) is 0 Å². The lowest BCUT2D eigenvalue weighted by molar-refractivity contribution is 1.18. The summed E-state index contributed by atoms with van der Waals surface area (Å²) in [7, 11) is 0. The third-order valence-electron chi connectivity index (χ3n) is 10.6. The van der Waals surface area contributed by atoms with Crippen LogP contribution in [0, 0.1) is 0 Å². The van der Waals surface area contributed by atoms with E-state index in [0.29, 0.717) is 0 Å². The van der Waals surface area contributed by atoms with Crippen LogP contribution in [0.5, 0.6) is 0 Å². The Morgan fingerprint density at radius 1 is 0.340 bits per heavy atom. The molecule has 0 unspecified atom stereocenters. The predicted octanol–water partition coefficient (Wildman–Crippen LogP) is 13.9. The third-order valence-corrected chi connectivity index (χ3v) is 11.8. The fourth-order valence-electron chi connectivity index (χ4n) is 8.37. The first-order chi connectivity index (χ1) is 24.8. The smallest absolute Gasteiger partial charge is 0.0555 e. The van der Waals surface area contributed by atoms with Crippen LogP contribution in [-0.4, -0.2) is 4.57 Å². The normalized spacial score (nSPS) is 12.0. The minimum absolute atomic E-state index is 1.17. The molecule has 0 aliphatic rings. The molecule has 1 nitrogen and oxygen atoms in total. The lowest BCUT2D eigenvalue weighted by Crippen LogP contribution is -1.93. The highest BCUT2D eigenvalue weighted by atomic mass is 32.1. The SMILES string of the molecule is c1ccc(-n2c3cc(-c4ccccc4-c4ccc5c6ccccc6c6ccccc6c5c4)ccc3c3c4sc5ccccc5c4ccc32)cc1. The number of hydrogen-bond acceptors (Lipinski definition) is 1. The van der Waals surface area contributed by atoms with Crippen molar-refractivity contribution in [2.75, 3.05) is 0 Å². The molecule has 232 valence electrons. The number of para-hydroxylation sites is 1. The maximum Gasteiger partial charge on any atom is 0.0555 e. The maximum absolute atomic E-state index is 2.45. The van der Waals surface area contributed by atoms with Crippen molar-refractivity contribution < 1.29 is 0 Å². The van der Waals surface area contributed by atoms with Gasteiger partial charge in [-0.15, -0.1) is 11.3 Å². The number of benzene rings is 9. The van der Waals surface area contributed by atoms with Gasteiger partial charge in [0.25, 0.3) is 0 Å². The van der Waals surface area contributed by atoms with Crippen LogP contribution in [0.1, 0.15) is 0 Å². The van der Waals surface area contributed by atoms with Gasteiger partial charge in [-0.1, -0.05) is 140 Å². The highest BCUT2D eigenvalue weighted by molar-refractivity contribution is 7.26. The topological polar surface area (TPSA) is 4.93 Å². The zero-order valence-corrected chi connectivity index (χ0v) is 27.9. The van der Waals surface area contributed by atoms with Crippen molar-refractivity contribution in [2.24, 2.45) is 0 Å². The average molecular weight is 652 g/mol. The van der Waals surface area contributed by atoms with Crippen molar-refractivity contribution in [3.8, 4) is 27.9 Å². The summed E-state index contributed by atoms with van der Waals surface area (Å²) in [5.41, 5.74) is 8.54. The molecule has 0 bridgehead atoms. The van der Waals surface area contributed by atoms with Gasteiger partial charge >= 0.3 is 0 Å². The molecule has 11 rings (SSSR count). The third kappa shape index (κ3) is 3.94. The molecule has 50 heavy (non-hydrogen) atoms. The van der Waals surface area contributed by atoms with Gasteiger partial charge in [0.2, 0.25) is 0 Å². The molecule has 0 fully saturated rings. The van der Waals surface area contributed by atoms with Crippen molar-refractivity contribution in [3.63, 3.8) is 0 Å². The van der Waals surface area contributed by atoms with Crippen molar-refractivity contribution in [1.29, 1.82) is 0 Å². The number of nitrogens with zero attached hydrogens (tertiary/aromatic N) is 1. The minimum Gasteiger partial charge on any atom is -0.309 e. The number of aromatic nitrogens is 1. The van der Waals surface area contributed by atoms with Crippen molar-refractivity contribution in [1.82, 2.24) is 4.57 Å². The summed E-state index contributed by atoms with van der Waals surface area (Å²) in [5, 5.41) is 13.1. The van der Waals surface area contributed by atoms with E-state index in [9.17, 15) is 0 Å². The molecule has 2 aromatic heterocycles. The molecule has 0 amide bonds. The molecule has 11 aromatic rings. The Morgan fingerprint density at radius 2 is 0.860 bits per heavy atom. The molecule has 0 saturated carbocycles. The van der Waals surface area contributed by atoms with E-state index in [0.717, 1.165) is 0 Å². The molecule has 0 aliphatic heterocycles. The second-order valence-corrected chi connectivity index (χ2v) is 14.3. The quantitative estimate of drug-likeness (QED) is 0.168.